The fourth-order valence-corrected chi connectivity index (χ4v) is 3.27. The van der Waals surface area contributed by atoms with E-state index in [1.54, 1.807) is 0 Å². The third kappa shape index (κ3) is 4.42. The van der Waals surface area contributed by atoms with Crippen LogP contribution in [0.3, 0.4) is 0 Å². The summed E-state index contributed by atoms with van der Waals surface area (Å²) >= 11 is 0. The van der Waals surface area contributed by atoms with Gasteiger partial charge in [-0.1, -0.05) is 0 Å². The van der Waals surface area contributed by atoms with Crippen LogP contribution in [0, 0.1) is 0 Å². The van der Waals surface area contributed by atoms with Gasteiger partial charge in [0.1, 0.15) is 47.2 Å². The van der Waals surface area contributed by atoms with Crippen molar-refractivity contribution in [1.82, 2.24) is 0 Å². The molecule has 1 fully saturated rings. The molecule has 1 heterocycles. The Morgan fingerprint density at radius 1 is 0.938 bits per heavy atom. The number of ether oxygens (including phenoxy) is 4. The number of ketones is 1. The largest absolute Gasteiger partial charge is 0.507 e. The predicted molar refractivity (Wildman–Crippen MR) is 107 cm³/mol. The zero-order chi connectivity index (χ0) is 23.6. The molecular weight excluding hydrogens is 428 g/mol. The molecule has 0 bridgehead atoms. The molecule has 32 heavy (non-hydrogen) atoms. The monoisotopic (exact) mass is 452 g/mol. The molecule has 5 unspecified atom stereocenters. The normalized spacial score (nSPS) is 25.2. The second-order valence-electron chi connectivity index (χ2n) is 7.05. The van der Waals surface area contributed by atoms with E-state index in [1.165, 1.54) is 44.6 Å². The lowest BCUT2D eigenvalue weighted by molar-refractivity contribution is -0.277. The van der Waals surface area contributed by atoms with Crippen LogP contribution in [-0.2, 0) is 4.74 Å². The summed E-state index contributed by atoms with van der Waals surface area (Å²) in [6, 6.07) is 6.24. The van der Waals surface area contributed by atoms with Gasteiger partial charge in [0.15, 0.2) is 11.5 Å². The van der Waals surface area contributed by atoms with E-state index in [2.05, 4.69) is 0 Å². The average molecular weight is 452 g/mol. The Labute approximate surface area is 182 Å². The Hall–Kier alpha value is -3.09. The van der Waals surface area contributed by atoms with Gasteiger partial charge in [0.2, 0.25) is 12.1 Å². The molecule has 1 aliphatic rings. The summed E-state index contributed by atoms with van der Waals surface area (Å²) in [7, 11) is 2.63. The summed E-state index contributed by atoms with van der Waals surface area (Å²) in [5.74, 6) is -1.55. The number of aliphatic hydroxyl groups is 4. The number of rotatable bonds is 7. The lowest BCUT2D eigenvalue weighted by Crippen LogP contribution is -2.60. The summed E-state index contributed by atoms with van der Waals surface area (Å²) in [4.78, 5) is 13.2. The molecule has 1 saturated heterocycles. The molecule has 6 N–H and O–H groups in total. The van der Waals surface area contributed by atoms with E-state index < -0.39 is 48.8 Å². The fraction of sp³-hybridized carbons (Fsp3) is 0.381. The van der Waals surface area contributed by atoms with Crippen molar-refractivity contribution in [2.24, 2.45) is 0 Å². The summed E-state index contributed by atoms with van der Waals surface area (Å²) in [6.45, 7) is -0.673. The molecule has 11 heteroatoms. The number of methoxy groups -OCH3 is 2. The number of aromatic hydroxyl groups is 2. The molecule has 2 aromatic carbocycles. The molecule has 3 rings (SSSR count). The van der Waals surface area contributed by atoms with Gasteiger partial charge in [-0.25, -0.2) is 0 Å². The highest BCUT2D eigenvalue weighted by Crippen LogP contribution is 2.38. The molecule has 1 aliphatic heterocycles. The van der Waals surface area contributed by atoms with Crippen molar-refractivity contribution < 1.29 is 54.4 Å². The zero-order valence-electron chi connectivity index (χ0n) is 17.2. The third-order valence-electron chi connectivity index (χ3n) is 5.05. The smallest absolute Gasteiger partial charge is 0.229 e. The average Bonchev–Trinajstić information content (AvgIpc) is 2.79. The molecule has 0 spiro atoms. The van der Waals surface area contributed by atoms with Crippen LogP contribution >= 0.6 is 0 Å². The van der Waals surface area contributed by atoms with Crippen LogP contribution in [0.2, 0.25) is 0 Å². The highest BCUT2D eigenvalue weighted by molar-refractivity contribution is 6.13. The number of carbonyl (C=O) groups excluding carboxylic acids is 1. The lowest BCUT2D eigenvalue weighted by atomic mass is 9.98. The van der Waals surface area contributed by atoms with Crippen molar-refractivity contribution in [2.45, 2.75) is 30.7 Å². The molecule has 0 aromatic heterocycles. The molecule has 2 aromatic rings. The highest BCUT2D eigenvalue weighted by Gasteiger charge is 2.45. The molecule has 0 radical (unpaired) electrons. The number of hydrogen-bond acceptors (Lipinski definition) is 11. The molecule has 0 aliphatic carbocycles. The lowest BCUT2D eigenvalue weighted by Gasteiger charge is -2.39. The van der Waals surface area contributed by atoms with E-state index in [1.807, 2.05) is 0 Å². The quantitative estimate of drug-likeness (QED) is 0.299. The van der Waals surface area contributed by atoms with Crippen molar-refractivity contribution >= 4 is 5.78 Å². The summed E-state index contributed by atoms with van der Waals surface area (Å²) < 4.78 is 21.0. The van der Waals surface area contributed by atoms with Gasteiger partial charge in [-0.05, 0) is 18.2 Å². The van der Waals surface area contributed by atoms with Gasteiger partial charge in [-0.2, -0.15) is 0 Å². The summed E-state index contributed by atoms with van der Waals surface area (Å²) in [5, 5.41) is 59.8. The molecule has 5 atom stereocenters. The fourth-order valence-electron chi connectivity index (χ4n) is 3.27. The van der Waals surface area contributed by atoms with Gasteiger partial charge in [-0.3, -0.25) is 4.79 Å². The van der Waals surface area contributed by atoms with Crippen molar-refractivity contribution in [3.8, 4) is 28.7 Å². The Balaban J connectivity index is 2.02. The third-order valence-corrected chi connectivity index (χ3v) is 5.05. The van der Waals surface area contributed by atoms with E-state index in [-0.39, 0.29) is 34.1 Å². The number of benzene rings is 2. The first-order chi connectivity index (χ1) is 15.2. The van der Waals surface area contributed by atoms with E-state index >= 15 is 0 Å². The SMILES string of the molecule is COc1cc(O)c(C(=O)c2ccc(O)c(OC)c2)c(OC2OC(CO)C(O)C(O)C2O)c1. The second kappa shape index (κ2) is 9.59. The first kappa shape index (κ1) is 23.6. The Morgan fingerprint density at radius 3 is 2.28 bits per heavy atom. The van der Waals surface area contributed by atoms with Gasteiger partial charge in [-0.15, -0.1) is 0 Å². The minimum absolute atomic E-state index is 0.0280. The van der Waals surface area contributed by atoms with Gasteiger partial charge in [0, 0.05) is 17.7 Å². The van der Waals surface area contributed by atoms with Crippen LogP contribution in [-0.4, -0.2) is 88.0 Å². The van der Waals surface area contributed by atoms with Crippen LogP contribution in [0.4, 0.5) is 0 Å². The molecule has 0 saturated carbocycles. The molecule has 0 amide bonds. The van der Waals surface area contributed by atoms with Crippen LogP contribution in [0.25, 0.3) is 0 Å². The van der Waals surface area contributed by atoms with E-state index in [9.17, 15) is 35.4 Å². The van der Waals surface area contributed by atoms with Crippen molar-refractivity contribution in [3.05, 3.63) is 41.5 Å². The number of phenols is 2. The first-order valence-corrected chi connectivity index (χ1v) is 9.51. The summed E-state index contributed by atoms with van der Waals surface area (Å²) in [5.41, 5.74) is -0.283. The standard InChI is InChI=1S/C21H24O11/c1-29-10-6-12(24)16(17(25)9-3-4-11(23)13(5-9)30-2)14(7-10)31-21-20(28)19(27)18(26)15(8-22)32-21/h3-7,15,18-24,26-28H,8H2,1-2H3. The van der Waals surface area contributed by atoms with Crippen LogP contribution in [0.5, 0.6) is 28.7 Å². The topological polar surface area (TPSA) is 175 Å². The molecular formula is C21H24O11. The number of carbonyl (C=O) groups is 1. The van der Waals surface area contributed by atoms with Crippen LogP contribution in [0.1, 0.15) is 15.9 Å². The minimum Gasteiger partial charge on any atom is -0.507 e. The van der Waals surface area contributed by atoms with Crippen LogP contribution in [0.15, 0.2) is 30.3 Å². The van der Waals surface area contributed by atoms with Gasteiger partial charge < -0.3 is 49.6 Å². The predicted octanol–water partition coefficient (Wildman–Crippen LogP) is -0.475. The maximum atomic E-state index is 13.2. The number of hydrogen-bond donors (Lipinski definition) is 6. The Bertz CT molecular complexity index is 974. The second-order valence-corrected chi connectivity index (χ2v) is 7.05. The van der Waals surface area contributed by atoms with Gasteiger partial charge >= 0.3 is 0 Å². The number of aliphatic hydroxyl groups excluding tert-OH is 4. The zero-order valence-corrected chi connectivity index (χ0v) is 17.2. The van der Waals surface area contributed by atoms with Crippen molar-refractivity contribution in [3.63, 3.8) is 0 Å². The highest BCUT2D eigenvalue weighted by atomic mass is 16.7. The maximum absolute atomic E-state index is 13.2. The van der Waals surface area contributed by atoms with E-state index in [4.69, 9.17) is 18.9 Å². The maximum Gasteiger partial charge on any atom is 0.229 e. The van der Waals surface area contributed by atoms with Crippen LogP contribution < -0.4 is 14.2 Å². The first-order valence-electron chi connectivity index (χ1n) is 9.51. The minimum atomic E-state index is -1.74. The molecule has 11 nitrogen and oxygen atoms in total. The van der Waals surface area contributed by atoms with E-state index in [0.717, 1.165) is 0 Å². The van der Waals surface area contributed by atoms with Gasteiger partial charge in [0.25, 0.3) is 0 Å². The Morgan fingerprint density at radius 2 is 1.66 bits per heavy atom. The van der Waals surface area contributed by atoms with Crippen molar-refractivity contribution in [1.29, 1.82) is 0 Å². The summed E-state index contributed by atoms with van der Waals surface area (Å²) in [6.07, 6.45) is -7.88. The van der Waals surface area contributed by atoms with E-state index in [0.29, 0.717) is 0 Å². The molecule has 174 valence electrons. The van der Waals surface area contributed by atoms with Gasteiger partial charge in [0.05, 0.1) is 20.8 Å². The number of phenolic OH excluding ortho intramolecular Hbond substituents is 2. The Kier molecular flexibility index (Phi) is 7.06. The van der Waals surface area contributed by atoms with Crippen molar-refractivity contribution in [2.75, 3.05) is 20.8 Å².